The van der Waals surface area contributed by atoms with Gasteiger partial charge in [0, 0.05) is 23.6 Å². The molecule has 2 N–H and O–H groups in total. The van der Waals surface area contributed by atoms with Gasteiger partial charge in [0.15, 0.2) is 6.10 Å². The minimum Gasteiger partial charge on any atom is -0.481 e. The number of carbonyl (C=O) groups is 1. The number of likely N-dealkylation sites (N-methyl/N-ethyl adjacent to an activating group) is 1. The highest BCUT2D eigenvalue weighted by molar-refractivity contribution is 5.90. The fourth-order valence-corrected chi connectivity index (χ4v) is 6.49. The van der Waals surface area contributed by atoms with Crippen LogP contribution in [0.25, 0.3) is 0 Å². The van der Waals surface area contributed by atoms with Crippen LogP contribution >= 0.6 is 0 Å². The van der Waals surface area contributed by atoms with Crippen LogP contribution in [0.5, 0.6) is 5.75 Å². The zero-order valence-corrected chi connectivity index (χ0v) is 18.3. The first-order valence-electron chi connectivity index (χ1n) is 11.2. The lowest BCUT2D eigenvalue weighted by atomic mass is 9.50. The largest absolute Gasteiger partial charge is 0.481 e. The second-order valence-electron chi connectivity index (χ2n) is 9.66. The topological polar surface area (TPSA) is 79.2 Å². The summed E-state index contributed by atoms with van der Waals surface area (Å²) in [5.41, 5.74) is 2.67. The van der Waals surface area contributed by atoms with Crippen LogP contribution < -0.4 is 4.74 Å². The van der Waals surface area contributed by atoms with Crippen LogP contribution in [0.1, 0.15) is 45.5 Å². The monoisotopic (exact) mass is 433 g/mol. The molecule has 0 radical (unpaired) electrons. The lowest BCUT2D eigenvalue weighted by Gasteiger charge is -2.61. The number of aryl methyl sites for hydroxylation is 1. The fraction of sp³-hybridized carbons (Fsp3) is 0.423. The number of rotatable bonds is 3. The molecule has 166 valence electrons. The lowest BCUT2D eigenvalue weighted by molar-refractivity contribution is -0.163. The van der Waals surface area contributed by atoms with Crippen molar-refractivity contribution in [3.63, 3.8) is 0 Å². The summed E-state index contributed by atoms with van der Waals surface area (Å²) in [7, 11) is 2.06. The first-order valence-corrected chi connectivity index (χ1v) is 11.2. The highest BCUT2D eigenvalue weighted by atomic mass is 16.6. The Hall–Kier alpha value is -2.67. The van der Waals surface area contributed by atoms with Gasteiger partial charge in [0.05, 0.1) is 23.2 Å². The van der Waals surface area contributed by atoms with Gasteiger partial charge in [-0.3, -0.25) is 0 Å². The number of esters is 1. The van der Waals surface area contributed by atoms with Crippen molar-refractivity contribution < 1.29 is 24.5 Å². The van der Waals surface area contributed by atoms with Crippen LogP contribution in [-0.4, -0.2) is 52.4 Å². The fourth-order valence-electron chi connectivity index (χ4n) is 6.49. The summed E-state index contributed by atoms with van der Waals surface area (Å²) in [4.78, 5) is 15.2. The van der Waals surface area contributed by atoms with E-state index in [2.05, 4.69) is 18.0 Å². The first-order chi connectivity index (χ1) is 15.4. The normalized spacial score (nSPS) is 32.1. The second kappa shape index (κ2) is 6.67. The molecule has 2 aromatic carbocycles. The molecule has 1 spiro atoms. The maximum Gasteiger partial charge on any atom is 0.343 e. The van der Waals surface area contributed by atoms with Crippen molar-refractivity contribution in [1.82, 2.24) is 4.90 Å². The van der Waals surface area contributed by atoms with E-state index in [1.807, 2.05) is 31.2 Å². The molecule has 2 aliphatic carbocycles. The number of piperidine rings is 1. The van der Waals surface area contributed by atoms with Gasteiger partial charge in [-0.05, 0) is 57.1 Å². The van der Waals surface area contributed by atoms with Crippen molar-refractivity contribution in [2.75, 3.05) is 13.6 Å². The van der Waals surface area contributed by atoms with E-state index in [-0.39, 0.29) is 12.6 Å². The average molecular weight is 434 g/mol. The SMILES string of the molecule is Cc1ccc(C(=O)OC2=CC[C@@]3(O)[C@H]4Cc5ccc(CO)c6c5[C@@]3(CCN4C)C2O6)cc1. The van der Waals surface area contributed by atoms with Crippen LogP contribution in [0, 0.1) is 6.92 Å². The van der Waals surface area contributed by atoms with Crippen LogP contribution in [0.15, 0.2) is 48.2 Å². The second-order valence-corrected chi connectivity index (χ2v) is 9.66. The van der Waals surface area contributed by atoms with E-state index in [4.69, 9.17) is 9.47 Å². The third-order valence-corrected chi connectivity index (χ3v) is 8.12. The molecule has 0 aromatic heterocycles. The molecule has 1 unspecified atom stereocenters. The highest BCUT2D eigenvalue weighted by Gasteiger charge is 2.71. The molecule has 0 amide bonds. The minimum atomic E-state index is -1.03. The zero-order valence-electron chi connectivity index (χ0n) is 18.3. The van der Waals surface area contributed by atoms with Gasteiger partial charge < -0.3 is 24.6 Å². The molecule has 2 aliphatic heterocycles. The first kappa shape index (κ1) is 20.0. The van der Waals surface area contributed by atoms with Gasteiger partial charge in [-0.25, -0.2) is 4.79 Å². The number of likely N-dealkylation sites (tertiary alicyclic amines) is 1. The number of aliphatic hydroxyl groups excluding tert-OH is 1. The van der Waals surface area contributed by atoms with E-state index in [9.17, 15) is 15.0 Å². The Balaban J connectivity index is 1.47. The minimum absolute atomic E-state index is 0.0497. The molecule has 1 saturated heterocycles. The van der Waals surface area contributed by atoms with Gasteiger partial charge in [-0.2, -0.15) is 0 Å². The van der Waals surface area contributed by atoms with Crippen molar-refractivity contribution in [3.8, 4) is 5.75 Å². The molecule has 32 heavy (non-hydrogen) atoms. The third kappa shape index (κ3) is 2.37. The van der Waals surface area contributed by atoms with Crippen molar-refractivity contribution in [3.05, 3.63) is 76.1 Å². The Labute approximate surface area is 187 Å². The summed E-state index contributed by atoms with van der Waals surface area (Å²) in [6.45, 7) is 2.64. The Morgan fingerprint density at radius 2 is 2.03 bits per heavy atom. The van der Waals surface area contributed by atoms with E-state index in [1.54, 1.807) is 12.1 Å². The Bertz CT molecular complexity index is 1160. The van der Waals surface area contributed by atoms with Crippen LogP contribution in [-0.2, 0) is 23.2 Å². The van der Waals surface area contributed by atoms with E-state index >= 15 is 0 Å². The van der Waals surface area contributed by atoms with E-state index in [0.29, 0.717) is 35.5 Å². The summed E-state index contributed by atoms with van der Waals surface area (Å²) in [5, 5.41) is 22.1. The van der Waals surface area contributed by atoms with Crippen LogP contribution in [0.2, 0.25) is 0 Å². The van der Waals surface area contributed by atoms with Crippen molar-refractivity contribution in [2.24, 2.45) is 0 Å². The van der Waals surface area contributed by atoms with Gasteiger partial charge in [0.2, 0.25) is 0 Å². The number of ether oxygens (including phenoxy) is 2. The molecular weight excluding hydrogens is 406 g/mol. The van der Waals surface area contributed by atoms with Crippen molar-refractivity contribution in [2.45, 2.75) is 56.0 Å². The summed E-state index contributed by atoms with van der Waals surface area (Å²) >= 11 is 0. The van der Waals surface area contributed by atoms with Crippen LogP contribution in [0.3, 0.4) is 0 Å². The molecule has 4 aliphatic rings. The molecule has 6 nitrogen and oxygen atoms in total. The van der Waals surface area contributed by atoms with Gasteiger partial charge >= 0.3 is 5.97 Å². The predicted molar refractivity (Wildman–Crippen MR) is 117 cm³/mol. The summed E-state index contributed by atoms with van der Waals surface area (Å²) in [5.74, 6) is 0.674. The van der Waals surface area contributed by atoms with Crippen molar-refractivity contribution in [1.29, 1.82) is 0 Å². The van der Waals surface area contributed by atoms with Gasteiger partial charge in [-0.15, -0.1) is 0 Å². The zero-order chi connectivity index (χ0) is 22.3. The smallest absolute Gasteiger partial charge is 0.343 e. The Morgan fingerprint density at radius 1 is 1.25 bits per heavy atom. The number of nitrogens with zero attached hydrogens (tertiary/aromatic N) is 1. The number of benzene rings is 2. The van der Waals surface area contributed by atoms with E-state index in [1.165, 1.54) is 0 Å². The van der Waals surface area contributed by atoms with Gasteiger partial charge in [0.25, 0.3) is 0 Å². The summed E-state index contributed by atoms with van der Waals surface area (Å²) in [6.07, 6.45) is 3.03. The molecule has 6 rings (SSSR count). The number of carbonyl (C=O) groups excluding carboxylic acids is 1. The Morgan fingerprint density at radius 3 is 2.78 bits per heavy atom. The molecule has 2 bridgehead atoms. The molecular formula is C26H27NO5. The number of hydrogen-bond acceptors (Lipinski definition) is 6. The Kier molecular flexibility index (Phi) is 4.16. The molecule has 0 saturated carbocycles. The van der Waals surface area contributed by atoms with E-state index in [0.717, 1.165) is 29.7 Å². The van der Waals surface area contributed by atoms with Gasteiger partial charge in [0.1, 0.15) is 11.5 Å². The van der Waals surface area contributed by atoms with Crippen LogP contribution in [0.4, 0.5) is 0 Å². The molecule has 2 heterocycles. The number of hydrogen-bond donors (Lipinski definition) is 2. The number of aliphatic hydroxyl groups is 2. The van der Waals surface area contributed by atoms with Crippen molar-refractivity contribution >= 4 is 5.97 Å². The summed E-state index contributed by atoms with van der Waals surface area (Å²) in [6, 6.07) is 11.2. The van der Waals surface area contributed by atoms with E-state index < -0.39 is 23.1 Å². The average Bonchev–Trinajstić information content (AvgIpc) is 3.14. The lowest BCUT2D eigenvalue weighted by Crippen LogP contribution is -2.74. The van der Waals surface area contributed by atoms with Gasteiger partial charge in [-0.1, -0.05) is 29.8 Å². The summed E-state index contributed by atoms with van der Waals surface area (Å²) < 4.78 is 12.4. The predicted octanol–water partition coefficient (Wildman–Crippen LogP) is 2.62. The molecule has 6 heteroatoms. The standard InChI is InChI=1S/C26H27NO5/c1-15-3-5-16(6-4-15)24(29)31-19-9-10-26(30)20-13-17-7-8-18(14-28)22-21(17)25(26,23(19)32-22)11-12-27(20)2/h3-9,20,23,28,30H,10-14H2,1-2H3/t20-,23?,25+,26-/m1/s1. The third-order valence-electron chi connectivity index (χ3n) is 8.12. The molecule has 4 atom stereocenters. The quantitative estimate of drug-likeness (QED) is 0.725. The highest BCUT2D eigenvalue weighted by Crippen LogP contribution is 2.64. The molecule has 2 aromatic rings. The maximum absolute atomic E-state index is 12.9. The molecule has 1 fully saturated rings. The maximum atomic E-state index is 12.9.